The molecule has 4 rings (SSSR count). The minimum absolute atomic E-state index is 0.0961. The van der Waals surface area contributed by atoms with Crippen molar-refractivity contribution in [1.29, 1.82) is 0 Å². The maximum Gasteiger partial charge on any atom is 0.416 e. The predicted octanol–water partition coefficient (Wildman–Crippen LogP) is 8.12. The van der Waals surface area contributed by atoms with Crippen molar-refractivity contribution in [2.45, 2.75) is 65.1 Å². The molecule has 240 valence electrons. The number of tetrazole rings is 1. The molecule has 2 aromatic heterocycles. The first-order chi connectivity index (χ1) is 20.3. The van der Waals surface area contributed by atoms with Crippen molar-refractivity contribution in [3.63, 3.8) is 0 Å². The smallest absolute Gasteiger partial charge is 0.330 e. The van der Waals surface area contributed by atoms with E-state index in [9.17, 15) is 39.5 Å². The summed E-state index contributed by atoms with van der Waals surface area (Å²) in [4.78, 5) is 7.79. The van der Waals surface area contributed by atoms with Crippen molar-refractivity contribution in [2.75, 3.05) is 11.4 Å². The highest BCUT2D eigenvalue weighted by atomic mass is 32.1. The minimum atomic E-state index is -5.05. The molecule has 16 heteroatoms. The van der Waals surface area contributed by atoms with E-state index in [1.807, 2.05) is 20.8 Å². The van der Waals surface area contributed by atoms with Crippen LogP contribution in [-0.4, -0.2) is 44.1 Å². The van der Waals surface area contributed by atoms with Gasteiger partial charge in [-0.15, -0.1) is 16.4 Å². The Kier molecular flexibility index (Phi) is 9.52. The van der Waals surface area contributed by atoms with Gasteiger partial charge in [0.1, 0.15) is 0 Å². The summed E-state index contributed by atoms with van der Waals surface area (Å²) in [5.41, 5.74) is -1.75. The lowest BCUT2D eigenvalue weighted by Crippen LogP contribution is -2.32. The maximum absolute atomic E-state index is 13.8. The van der Waals surface area contributed by atoms with Crippen molar-refractivity contribution in [3.8, 4) is 11.3 Å². The molecule has 1 aromatic carbocycles. The molecule has 2 heterocycles. The van der Waals surface area contributed by atoms with Gasteiger partial charge in [0.2, 0.25) is 0 Å². The number of alkyl halides is 9. The lowest BCUT2D eigenvalue weighted by atomic mass is 9.89. The van der Waals surface area contributed by atoms with Gasteiger partial charge in [0.15, 0.2) is 0 Å². The number of hydrogen-bond donors (Lipinski definition) is 0. The van der Waals surface area contributed by atoms with Crippen LogP contribution in [0.3, 0.4) is 0 Å². The molecular formula is C28H29F9N6S. The third kappa shape index (κ3) is 7.99. The van der Waals surface area contributed by atoms with Gasteiger partial charge in [-0.1, -0.05) is 38.0 Å². The Morgan fingerprint density at radius 1 is 1.02 bits per heavy atom. The van der Waals surface area contributed by atoms with Crippen LogP contribution < -0.4 is 4.90 Å². The second-order valence-corrected chi connectivity index (χ2v) is 12.1. The molecule has 44 heavy (non-hydrogen) atoms. The Balaban J connectivity index is 1.82. The standard InChI is InChI=1S/C28H29F9N6S/c1-5-22-24(38-23(44-22)8-15(2)3)21-7-6-18(26(29,30)31)11-17(21)14-43(25-39-41-42(4)40-25)13-16-9-19(27(32,33)34)12-20(10-16)28(35,36)37/h6-7,9,11-12,15,20H,5,8,10,13-14H2,1-4H3. The summed E-state index contributed by atoms with van der Waals surface area (Å²) in [6.45, 7) is 4.98. The van der Waals surface area contributed by atoms with Crippen LogP contribution in [0.4, 0.5) is 45.5 Å². The van der Waals surface area contributed by atoms with Gasteiger partial charge in [-0.25, -0.2) is 4.98 Å². The fourth-order valence-electron chi connectivity index (χ4n) is 4.85. The fourth-order valence-corrected chi connectivity index (χ4v) is 6.08. The van der Waals surface area contributed by atoms with Gasteiger partial charge < -0.3 is 4.90 Å². The van der Waals surface area contributed by atoms with E-state index in [-0.39, 0.29) is 35.6 Å². The molecule has 0 bridgehead atoms. The Morgan fingerprint density at radius 3 is 2.27 bits per heavy atom. The van der Waals surface area contributed by atoms with Crippen LogP contribution in [0.5, 0.6) is 0 Å². The molecule has 0 saturated carbocycles. The van der Waals surface area contributed by atoms with Crippen LogP contribution in [0.2, 0.25) is 0 Å². The van der Waals surface area contributed by atoms with Crippen molar-refractivity contribution in [3.05, 3.63) is 62.5 Å². The van der Waals surface area contributed by atoms with Crippen LogP contribution in [0.1, 0.15) is 48.2 Å². The summed E-state index contributed by atoms with van der Waals surface area (Å²) < 4.78 is 123. The molecule has 0 saturated heterocycles. The number of nitrogens with zero attached hydrogens (tertiary/aromatic N) is 6. The molecule has 0 amide bonds. The first-order valence-corrected chi connectivity index (χ1v) is 14.4. The molecule has 3 aromatic rings. The summed E-state index contributed by atoms with van der Waals surface area (Å²) in [5.74, 6) is -2.32. The van der Waals surface area contributed by atoms with Crippen molar-refractivity contribution < 1.29 is 39.5 Å². The summed E-state index contributed by atoms with van der Waals surface area (Å²) in [6.07, 6.45) is -13.5. The highest BCUT2D eigenvalue weighted by Crippen LogP contribution is 2.42. The van der Waals surface area contributed by atoms with Gasteiger partial charge in [-0.2, -0.15) is 44.3 Å². The molecular weight excluding hydrogens is 623 g/mol. The van der Waals surface area contributed by atoms with Crippen LogP contribution in [0, 0.1) is 11.8 Å². The monoisotopic (exact) mass is 652 g/mol. The third-order valence-corrected chi connectivity index (χ3v) is 8.06. The van der Waals surface area contributed by atoms with E-state index in [0.717, 1.165) is 26.8 Å². The molecule has 0 radical (unpaired) electrons. The van der Waals surface area contributed by atoms with Crippen molar-refractivity contribution in [1.82, 2.24) is 25.2 Å². The lowest BCUT2D eigenvalue weighted by molar-refractivity contribution is -0.162. The molecule has 1 atom stereocenters. The molecule has 1 aliphatic carbocycles. The molecule has 0 fully saturated rings. The molecule has 1 unspecified atom stereocenters. The van der Waals surface area contributed by atoms with Gasteiger partial charge in [-0.05, 0) is 53.3 Å². The molecule has 0 N–H and O–H groups in total. The number of thiazole rings is 1. The number of halogens is 9. The second-order valence-electron chi connectivity index (χ2n) is 10.9. The Morgan fingerprint density at radius 2 is 1.73 bits per heavy atom. The van der Waals surface area contributed by atoms with Gasteiger partial charge in [-0.3, -0.25) is 0 Å². The summed E-state index contributed by atoms with van der Waals surface area (Å²) >= 11 is 1.44. The first kappa shape index (κ1) is 33.5. The molecule has 0 aliphatic heterocycles. The number of rotatable bonds is 9. The minimum Gasteiger partial charge on any atom is -0.330 e. The largest absolute Gasteiger partial charge is 0.416 e. The number of allylic oxidation sites excluding steroid dienone is 3. The number of hydrogen-bond acceptors (Lipinski definition) is 6. The van der Waals surface area contributed by atoms with Gasteiger partial charge >= 0.3 is 18.5 Å². The first-order valence-electron chi connectivity index (χ1n) is 13.6. The van der Waals surface area contributed by atoms with Crippen LogP contribution in [-0.2, 0) is 32.6 Å². The average molecular weight is 653 g/mol. The number of aromatic nitrogens is 5. The third-order valence-electron chi connectivity index (χ3n) is 6.84. The van der Waals surface area contributed by atoms with Gasteiger partial charge in [0.05, 0.1) is 34.8 Å². The van der Waals surface area contributed by atoms with Crippen molar-refractivity contribution in [2.24, 2.45) is 18.9 Å². The average Bonchev–Trinajstić information content (AvgIpc) is 3.52. The number of aryl methyl sites for hydroxylation is 2. The topological polar surface area (TPSA) is 59.7 Å². The highest BCUT2D eigenvalue weighted by Gasteiger charge is 2.44. The van der Waals surface area contributed by atoms with Crippen LogP contribution in [0.15, 0.2) is 41.5 Å². The normalized spacial score (nSPS) is 16.4. The van der Waals surface area contributed by atoms with E-state index >= 15 is 0 Å². The van der Waals surface area contributed by atoms with E-state index in [1.54, 1.807) is 0 Å². The van der Waals surface area contributed by atoms with Crippen molar-refractivity contribution >= 4 is 17.3 Å². The second kappa shape index (κ2) is 12.5. The lowest BCUT2D eigenvalue weighted by Gasteiger charge is -2.29. The van der Waals surface area contributed by atoms with E-state index < -0.39 is 48.5 Å². The Bertz CT molecular complexity index is 1530. The number of benzene rings is 1. The number of anilines is 1. The summed E-state index contributed by atoms with van der Waals surface area (Å²) in [6, 6.07) is 3.12. The highest BCUT2D eigenvalue weighted by molar-refractivity contribution is 7.12. The molecule has 0 spiro atoms. The zero-order valence-corrected chi connectivity index (χ0v) is 24.9. The quantitative estimate of drug-likeness (QED) is 0.219. The molecule has 1 aliphatic rings. The van der Waals surface area contributed by atoms with Gasteiger partial charge in [0.25, 0.3) is 5.95 Å². The van der Waals surface area contributed by atoms with E-state index in [0.29, 0.717) is 30.2 Å². The summed E-state index contributed by atoms with van der Waals surface area (Å²) in [7, 11) is 1.40. The summed E-state index contributed by atoms with van der Waals surface area (Å²) in [5, 5.41) is 12.4. The predicted molar refractivity (Wildman–Crippen MR) is 147 cm³/mol. The van der Waals surface area contributed by atoms with Crippen LogP contribution >= 0.6 is 11.3 Å². The maximum atomic E-state index is 13.8. The van der Waals surface area contributed by atoms with E-state index in [1.165, 1.54) is 29.4 Å². The Labute approximate surface area is 251 Å². The zero-order valence-electron chi connectivity index (χ0n) is 24.1. The zero-order chi connectivity index (χ0) is 32.6. The molecule has 6 nitrogen and oxygen atoms in total. The SMILES string of the molecule is CCc1sc(CC(C)C)nc1-c1ccc(C(F)(F)F)cc1CN(CC1=CC(C(F)(F)F)=CC(C(F)(F)F)C1)c1nnn(C)n1. The van der Waals surface area contributed by atoms with E-state index in [4.69, 9.17) is 4.98 Å². The van der Waals surface area contributed by atoms with Crippen LogP contribution in [0.25, 0.3) is 11.3 Å². The fraction of sp³-hybridized carbons (Fsp3) is 0.500. The van der Waals surface area contributed by atoms with Gasteiger partial charge in [0, 0.05) is 30.0 Å². The Hall–Kier alpha value is -3.43. The van der Waals surface area contributed by atoms with E-state index in [2.05, 4.69) is 15.4 Å².